The van der Waals surface area contributed by atoms with Gasteiger partial charge in [-0.05, 0) is 38.0 Å². The van der Waals surface area contributed by atoms with Gasteiger partial charge in [-0.25, -0.2) is 0 Å². The molecule has 1 aromatic carbocycles. The van der Waals surface area contributed by atoms with Crippen LogP contribution in [0, 0.1) is 0 Å². The molecule has 7 heteroatoms. The van der Waals surface area contributed by atoms with E-state index < -0.39 is 6.10 Å². The van der Waals surface area contributed by atoms with Crippen LogP contribution < -0.4 is 10.5 Å². The Morgan fingerprint density at radius 1 is 1.27 bits per heavy atom. The average Bonchev–Trinajstić information content (AvgIpc) is 2.81. The lowest BCUT2D eigenvalue weighted by molar-refractivity contribution is -0.144. The number of ether oxygens (including phenoxy) is 1. The number of pyridine rings is 1. The fourth-order valence-electron chi connectivity index (χ4n) is 3.56. The summed E-state index contributed by atoms with van der Waals surface area (Å²) in [6.07, 6.45) is 8.47. The smallest absolute Gasteiger partial charge is 0.266 e. The van der Waals surface area contributed by atoms with Crippen molar-refractivity contribution in [2.24, 2.45) is 10.9 Å². The van der Waals surface area contributed by atoms with Crippen molar-refractivity contribution in [3.05, 3.63) is 59.9 Å². The van der Waals surface area contributed by atoms with Crippen molar-refractivity contribution in [3.63, 3.8) is 0 Å². The number of hydrogen-bond acceptors (Lipinski definition) is 5. The second-order valence-corrected chi connectivity index (χ2v) is 7.64. The second kappa shape index (κ2) is 10.6. The predicted octanol–water partition coefficient (Wildman–Crippen LogP) is 3.48. The van der Waals surface area contributed by atoms with Gasteiger partial charge in [-0.15, -0.1) is 0 Å². The molecule has 0 bridgehead atoms. The van der Waals surface area contributed by atoms with Crippen LogP contribution >= 0.6 is 0 Å². The molecule has 0 saturated heterocycles. The summed E-state index contributed by atoms with van der Waals surface area (Å²) in [6.45, 7) is 2.11. The number of benzene rings is 1. The zero-order valence-corrected chi connectivity index (χ0v) is 17.7. The Morgan fingerprint density at radius 3 is 2.80 bits per heavy atom. The quantitative estimate of drug-likeness (QED) is 0.409. The van der Waals surface area contributed by atoms with Crippen LogP contribution in [0.2, 0.25) is 0 Å². The van der Waals surface area contributed by atoms with Crippen molar-refractivity contribution >= 4 is 11.7 Å². The summed E-state index contributed by atoms with van der Waals surface area (Å²) in [5.74, 6) is 0.782. The molecule has 2 aromatic rings. The normalized spacial score (nSPS) is 16.0. The molecule has 1 atom stereocenters. The number of rotatable bonds is 8. The van der Waals surface area contributed by atoms with E-state index >= 15 is 0 Å². The molecule has 0 radical (unpaired) electrons. The highest BCUT2D eigenvalue weighted by atomic mass is 16.6. The van der Waals surface area contributed by atoms with Gasteiger partial charge in [-0.3, -0.25) is 9.78 Å². The van der Waals surface area contributed by atoms with Gasteiger partial charge in [0.2, 0.25) is 6.10 Å². The molecule has 0 spiro atoms. The first-order chi connectivity index (χ1) is 14.5. The van der Waals surface area contributed by atoms with Crippen LogP contribution in [0.1, 0.15) is 50.2 Å². The third kappa shape index (κ3) is 5.95. The van der Waals surface area contributed by atoms with Crippen LogP contribution in [0.25, 0.3) is 0 Å². The van der Waals surface area contributed by atoms with Crippen molar-refractivity contribution in [1.82, 2.24) is 9.88 Å². The highest BCUT2D eigenvalue weighted by Crippen LogP contribution is 2.22. The SMILES string of the molecule is CC(ON=C(N)c1cccc(OCc2cccnc2)c1)C(=O)N(C)C1CCCCC1. The van der Waals surface area contributed by atoms with Crippen molar-refractivity contribution in [2.45, 2.75) is 57.8 Å². The average molecular weight is 411 g/mol. The van der Waals surface area contributed by atoms with Gasteiger partial charge in [0.1, 0.15) is 12.4 Å². The van der Waals surface area contributed by atoms with E-state index in [1.165, 1.54) is 19.3 Å². The minimum atomic E-state index is -0.694. The molecule has 1 unspecified atom stereocenters. The van der Waals surface area contributed by atoms with Gasteiger partial charge in [0.15, 0.2) is 5.84 Å². The van der Waals surface area contributed by atoms with Gasteiger partial charge >= 0.3 is 0 Å². The number of nitrogens with zero attached hydrogens (tertiary/aromatic N) is 3. The van der Waals surface area contributed by atoms with E-state index in [-0.39, 0.29) is 17.8 Å². The number of carbonyl (C=O) groups excluding carboxylic acids is 1. The van der Waals surface area contributed by atoms with E-state index in [0.717, 1.165) is 18.4 Å². The van der Waals surface area contributed by atoms with Crippen LogP contribution in [-0.4, -0.2) is 40.8 Å². The van der Waals surface area contributed by atoms with Gasteiger partial charge in [0, 0.05) is 36.6 Å². The summed E-state index contributed by atoms with van der Waals surface area (Å²) in [5.41, 5.74) is 7.71. The second-order valence-electron chi connectivity index (χ2n) is 7.64. The number of likely N-dealkylation sites (N-methyl/N-ethyl adjacent to an activating group) is 1. The molecule has 1 fully saturated rings. The maximum absolute atomic E-state index is 12.6. The highest BCUT2D eigenvalue weighted by Gasteiger charge is 2.26. The first kappa shape index (κ1) is 21.6. The number of carbonyl (C=O) groups is 1. The monoisotopic (exact) mass is 410 g/mol. The van der Waals surface area contributed by atoms with Gasteiger partial charge in [-0.2, -0.15) is 0 Å². The number of amidine groups is 1. The van der Waals surface area contributed by atoms with Gasteiger partial charge < -0.3 is 20.2 Å². The minimum absolute atomic E-state index is 0.0768. The van der Waals surface area contributed by atoms with Gasteiger partial charge in [-0.1, -0.05) is 42.6 Å². The van der Waals surface area contributed by atoms with Crippen molar-refractivity contribution < 1.29 is 14.4 Å². The topological polar surface area (TPSA) is 90.0 Å². The first-order valence-electron chi connectivity index (χ1n) is 10.4. The van der Waals surface area contributed by atoms with Gasteiger partial charge in [0.05, 0.1) is 0 Å². The van der Waals surface area contributed by atoms with E-state index in [2.05, 4.69) is 10.1 Å². The maximum atomic E-state index is 12.6. The maximum Gasteiger partial charge on any atom is 0.266 e. The summed E-state index contributed by atoms with van der Waals surface area (Å²) >= 11 is 0. The van der Waals surface area contributed by atoms with Crippen LogP contribution in [-0.2, 0) is 16.2 Å². The number of amides is 1. The molecule has 1 aliphatic carbocycles. The van der Waals surface area contributed by atoms with E-state index in [4.69, 9.17) is 15.3 Å². The molecule has 2 N–H and O–H groups in total. The zero-order valence-electron chi connectivity index (χ0n) is 17.7. The molecule has 3 rings (SSSR count). The van der Waals surface area contributed by atoms with Crippen LogP contribution in [0.5, 0.6) is 5.75 Å². The molecular formula is C23H30N4O3. The Morgan fingerprint density at radius 2 is 2.07 bits per heavy atom. The number of hydrogen-bond donors (Lipinski definition) is 1. The van der Waals surface area contributed by atoms with Crippen molar-refractivity contribution in [1.29, 1.82) is 0 Å². The Hall–Kier alpha value is -3.09. The van der Waals surface area contributed by atoms with Crippen molar-refractivity contribution in [2.75, 3.05) is 7.05 Å². The third-order valence-corrected chi connectivity index (χ3v) is 5.39. The van der Waals surface area contributed by atoms with Crippen LogP contribution in [0.3, 0.4) is 0 Å². The minimum Gasteiger partial charge on any atom is -0.489 e. The lowest BCUT2D eigenvalue weighted by atomic mass is 9.94. The summed E-state index contributed by atoms with van der Waals surface area (Å²) in [4.78, 5) is 23.9. The molecule has 1 heterocycles. The standard InChI is InChI=1S/C23H30N4O3/c1-17(23(28)27(2)20-10-4-3-5-11-20)30-26-22(24)19-9-6-12-21(14-19)29-16-18-8-7-13-25-15-18/h6-9,12-15,17,20H,3-5,10-11,16H2,1-2H3,(H2,24,26). The Balaban J connectivity index is 1.56. The van der Waals surface area contributed by atoms with E-state index in [1.807, 2.05) is 37.4 Å². The van der Waals surface area contributed by atoms with Gasteiger partial charge in [0.25, 0.3) is 5.91 Å². The van der Waals surface area contributed by atoms with Crippen LogP contribution in [0.4, 0.5) is 0 Å². The first-order valence-corrected chi connectivity index (χ1v) is 10.4. The Labute approximate surface area is 177 Å². The Bertz CT molecular complexity index is 851. The molecule has 0 aliphatic heterocycles. The third-order valence-electron chi connectivity index (χ3n) is 5.39. The molecule has 1 aromatic heterocycles. The predicted molar refractivity (Wildman–Crippen MR) is 116 cm³/mol. The molecule has 1 amide bonds. The Kier molecular flexibility index (Phi) is 7.65. The van der Waals surface area contributed by atoms with E-state index in [9.17, 15) is 4.79 Å². The molecule has 7 nitrogen and oxygen atoms in total. The summed E-state index contributed by atoms with van der Waals surface area (Å²) in [6, 6.07) is 11.4. The summed E-state index contributed by atoms with van der Waals surface area (Å²) in [5, 5.41) is 3.98. The lowest BCUT2D eigenvalue weighted by Crippen LogP contribution is -2.43. The van der Waals surface area contributed by atoms with E-state index in [0.29, 0.717) is 17.9 Å². The molecule has 160 valence electrons. The van der Waals surface area contributed by atoms with E-state index in [1.54, 1.807) is 30.3 Å². The fourth-order valence-corrected chi connectivity index (χ4v) is 3.56. The molecule has 1 saturated carbocycles. The number of nitrogens with two attached hydrogens (primary N) is 1. The fraction of sp³-hybridized carbons (Fsp3) is 0.435. The molecule has 1 aliphatic rings. The molecule has 30 heavy (non-hydrogen) atoms. The van der Waals surface area contributed by atoms with Crippen molar-refractivity contribution in [3.8, 4) is 5.75 Å². The number of aromatic nitrogens is 1. The van der Waals surface area contributed by atoms with Crippen LogP contribution in [0.15, 0.2) is 53.9 Å². The summed E-state index contributed by atoms with van der Waals surface area (Å²) < 4.78 is 5.79. The molecular weight excluding hydrogens is 380 g/mol. The number of oxime groups is 1. The summed E-state index contributed by atoms with van der Waals surface area (Å²) in [7, 11) is 1.84. The zero-order chi connectivity index (χ0) is 21.3. The highest BCUT2D eigenvalue weighted by molar-refractivity contribution is 5.97. The lowest BCUT2D eigenvalue weighted by Gasteiger charge is -2.32. The largest absolute Gasteiger partial charge is 0.489 e.